The number of carbonyl (C=O) groups is 1. The number of amides is 1. The number of nitrogens with one attached hydrogen (secondary N) is 1. The van der Waals surface area contributed by atoms with Gasteiger partial charge in [0.2, 0.25) is 5.91 Å². The summed E-state index contributed by atoms with van der Waals surface area (Å²) in [7, 11) is 1.61. The molecule has 0 aliphatic carbocycles. The molecule has 2 aromatic rings. The zero-order valence-corrected chi connectivity index (χ0v) is 12.0. The van der Waals surface area contributed by atoms with Crippen molar-refractivity contribution in [1.82, 2.24) is 0 Å². The summed E-state index contributed by atoms with van der Waals surface area (Å²) in [6.07, 6.45) is 0. The lowest BCUT2D eigenvalue weighted by Gasteiger charge is -2.10. The molecule has 1 amide bonds. The monoisotopic (exact) mass is 286 g/mol. The van der Waals surface area contributed by atoms with Gasteiger partial charge in [0.1, 0.15) is 17.2 Å². The zero-order valence-electron chi connectivity index (χ0n) is 12.0. The first-order valence-electron chi connectivity index (χ1n) is 6.57. The lowest BCUT2D eigenvalue weighted by atomic mass is 10.2. The van der Waals surface area contributed by atoms with Crippen LogP contribution in [0.5, 0.6) is 17.2 Å². The second-order valence-corrected chi connectivity index (χ2v) is 4.58. The third-order valence-electron chi connectivity index (χ3n) is 2.81. The van der Waals surface area contributed by atoms with E-state index in [9.17, 15) is 4.79 Å². The molecular weight excluding hydrogens is 268 g/mol. The van der Waals surface area contributed by atoms with Gasteiger partial charge in [0.15, 0.2) is 0 Å². The molecular formula is C16H18N2O3. The van der Waals surface area contributed by atoms with Gasteiger partial charge in [-0.2, -0.15) is 0 Å². The van der Waals surface area contributed by atoms with E-state index in [0.29, 0.717) is 17.2 Å². The van der Waals surface area contributed by atoms with E-state index in [1.54, 1.807) is 44.4 Å². The molecule has 0 radical (unpaired) electrons. The van der Waals surface area contributed by atoms with Gasteiger partial charge in [0.25, 0.3) is 0 Å². The third-order valence-corrected chi connectivity index (χ3v) is 2.81. The van der Waals surface area contributed by atoms with Gasteiger partial charge in [-0.3, -0.25) is 4.79 Å². The van der Waals surface area contributed by atoms with E-state index >= 15 is 0 Å². The van der Waals surface area contributed by atoms with Crippen LogP contribution in [0, 0.1) is 0 Å². The van der Waals surface area contributed by atoms with Crippen LogP contribution in [0.4, 0.5) is 5.69 Å². The molecule has 0 bridgehead atoms. The first-order valence-corrected chi connectivity index (χ1v) is 6.57. The van der Waals surface area contributed by atoms with E-state index < -0.39 is 6.04 Å². The Morgan fingerprint density at radius 2 is 1.76 bits per heavy atom. The number of rotatable bonds is 5. The summed E-state index contributed by atoms with van der Waals surface area (Å²) < 4.78 is 10.8. The van der Waals surface area contributed by atoms with Crippen LogP contribution in [0.15, 0.2) is 48.5 Å². The highest BCUT2D eigenvalue weighted by Crippen LogP contribution is 2.26. The fourth-order valence-electron chi connectivity index (χ4n) is 1.66. The molecule has 0 heterocycles. The van der Waals surface area contributed by atoms with E-state index in [0.717, 1.165) is 5.75 Å². The Kier molecular flexibility index (Phi) is 4.79. The number of hydrogen-bond acceptors (Lipinski definition) is 4. The predicted molar refractivity (Wildman–Crippen MR) is 81.8 cm³/mol. The average Bonchev–Trinajstić information content (AvgIpc) is 2.49. The minimum absolute atomic E-state index is 0.225. The maximum Gasteiger partial charge on any atom is 0.240 e. The van der Waals surface area contributed by atoms with E-state index in [4.69, 9.17) is 15.2 Å². The largest absolute Gasteiger partial charge is 0.497 e. The second kappa shape index (κ2) is 6.76. The lowest BCUT2D eigenvalue weighted by molar-refractivity contribution is -0.117. The smallest absolute Gasteiger partial charge is 0.240 e. The minimum atomic E-state index is -0.544. The van der Waals surface area contributed by atoms with E-state index in [1.165, 1.54) is 0 Å². The Hall–Kier alpha value is -2.53. The van der Waals surface area contributed by atoms with E-state index in [2.05, 4.69) is 5.32 Å². The molecule has 5 nitrogen and oxygen atoms in total. The molecule has 0 aliphatic rings. The Morgan fingerprint density at radius 1 is 1.10 bits per heavy atom. The molecule has 0 saturated heterocycles. The van der Waals surface area contributed by atoms with Gasteiger partial charge in [-0.05, 0) is 43.3 Å². The van der Waals surface area contributed by atoms with Crippen LogP contribution in [-0.2, 0) is 4.79 Å². The molecule has 0 spiro atoms. The van der Waals surface area contributed by atoms with Gasteiger partial charge in [-0.1, -0.05) is 6.07 Å². The Morgan fingerprint density at radius 3 is 2.38 bits per heavy atom. The fourth-order valence-corrected chi connectivity index (χ4v) is 1.66. The quantitative estimate of drug-likeness (QED) is 0.886. The summed E-state index contributed by atoms with van der Waals surface area (Å²) >= 11 is 0. The standard InChI is InChI=1S/C16H18N2O3/c1-11(17)16(19)18-12-6-8-13(9-7-12)21-15-5-3-4-14(10-15)20-2/h3-11H,17H2,1-2H3,(H,18,19)/t11-/m1/s1. The van der Waals surface area contributed by atoms with Crippen molar-refractivity contribution in [1.29, 1.82) is 0 Å². The van der Waals surface area contributed by atoms with Crippen LogP contribution in [0.1, 0.15) is 6.92 Å². The predicted octanol–water partition coefficient (Wildman–Crippen LogP) is 2.77. The molecule has 0 aliphatic heterocycles. The van der Waals surface area contributed by atoms with Crippen molar-refractivity contribution < 1.29 is 14.3 Å². The van der Waals surface area contributed by atoms with Crippen molar-refractivity contribution in [3.63, 3.8) is 0 Å². The van der Waals surface area contributed by atoms with Gasteiger partial charge >= 0.3 is 0 Å². The Labute approximate surface area is 123 Å². The van der Waals surface area contributed by atoms with Crippen LogP contribution in [0.2, 0.25) is 0 Å². The SMILES string of the molecule is COc1cccc(Oc2ccc(NC(=O)[C@@H](C)N)cc2)c1. The van der Waals surface area contributed by atoms with Gasteiger partial charge < -0.3 is 20.5 Å². The number of benzene rings is 2. The highest BCUT2D eigenvalue weighted by atomic mass is 16.5. The highest BCUT2D eigenvalue weighted by molar-refractivity contribution is 5.94. The lowest BCUT2D eigenvalue weighted by Crippen LogP contribution is -2.32. The van der Waals surface area contributed by atoms with Gasteiger partial charge in [0, 0.05) is 11.8 Å². The maximum atomic E-state index is 11.5. The van der Waals surface area contributed by atoms with Crippen molar-refractivity contribution in [2.45, 2.75) is 13.0 Å². The first-order chi connectivity index (χ1) is 10.1. The summed E-state index contributed by atoms with van der Waals surface area (Å²) in [5, 5.41) is 2.71. The summed E-state index contributed by atoms with van der Waals surface area (Å²) in [6.45, 7) is 1.63. The molecule has 5 heteroatoms. The van der Waals surface area contributed by atoms with Crippen molar-refractivity contribution in [2.75, 3.05) is 12.4 Å². The first kappa shape index (κ1) is 14.9. The van der Waals surface area contributed by atoms with Crippen molar-refractivity contribution in [2.24, 2.45) is 5.73 Å². The van der Waals surface area contributed by atoms with Gasteiger partial charge in [-0.25, -0.2) is 0 Å². The molecule has 0 saturated carbocycles. The third kappa shape index (κ3) is 4.22. The second-order valence-electron chi connectivity index (χ2n) is 4.58. The summed E-state index contributed by atoms with van der Waals surface area (Å²) in [5.41, 5.74) is 6.17. The van der Waals surface area contributed by atoms with Crippen LogP contribution in [0.3, 0.4) is 0 Å². The minimum Gasteiger partial charge on any atom is -0.497 e. The summed E-state index contributed by atoms with van der Waals surface area (Å²) in [5.74, 6) is 1.86. The van der Waals surface area contributed by atoms with Crippen molar-refractivity contribution in [3.8, 4) is 17.2 Å². The number of anilines is 1. The molecule has 0 unspecified atom stereocenters. The van der Waals surface area contributed by atoms with Crippen LogP contribution >= 0.6 is 0 Å². The molecule has 110 valence electrons. The number of carbonyl (C=O) groups excluding carboxylic acids is 1. The van der Waals surface area contributed by atoms with Crippen LogP contribution in [0.25, 0.3) is 0 Å². The Bertz CT molecular complexity index is 609. The van der Waals surface area contributed by atoms with Crippen molar-refractivity contribution in [3.05, 3.63) is 48.5 Å². The van der Waals surface area contributed by atoms with Crippen LogP contribution < -0.4 is 20.5 Å². The van der Waals surface area contributed by atoms with Crippen molar-refractivity contribution >= 4 is 11.6 Å². The molecule has 1 atom stereocenters. The van der Waals surface area contributed by atoms with E-state index in [1.807, 2.05) is 18.2 Å². The molecule has 2 rings (SSSR count). The number of nitrogens with two attached hydrogens (primary N) is 1. The van der Waals surface area contributed by atoms with Gasteiger partial charge in [-0.15, -0.1) is 0 Å². The Balaban J connectivity index is 2.03. The summed E-state index contributed by atoms with van der Waals surface area (Å²) in [4.78, 5) is 11.5. The van der Waals surface area contributed by atoms with Crippen LogP contribution in [-0.4, -0.2) is 19.1 Å². The number of ether oxygens (including phenoxy) is 2. The molecule has 21 heavy (non-hydrogen) atoms. The fraction of sp³-hybridized carbons (Fsp3) is 0.188. The topological polar surface area (TPSA) is 73.6 Å². The number of methoxy groups -OCH3 is 1. The molecule has 0 fully saturated rings. The number of hydrogen-bond donors (Lipinski definition) is 2. The zero-order chi connectivity index (χ0) is 15.2. The summed E-state index contributed by atoms with van der Waals surface area (Å²) in [6, 6.07) is 13.9. The normalized spacial score (nSPS) is 11.6. The molecule has 3 N–H and O–H groups in total. The highest BCUT2D eigenvalue weighted by Gasteiger charge is 2.07. The molecule has 2 aromatic carbocycles. The van der Waals surface area contributed by atoms with Gasteiger partial charge in [0.05, 0.1) is 13.2 Å². The average molecular weight is 286 g/mol. The molecule has 0 aromatic heterocycles. The van der Waals surface area contributed by atoms with E-state index in [-0.39, 0.29) is 5.91 Å². The maximum absolute atomic E-state index is 11.5.